The van der Waals surface area contributed by atoms with Gasteiger partial charge in [-0.3, -0.25) is 0 Å². The first-order chi connectivity index (χ1) is 9.33. The summed E-state index contributed by atoms with van der Waals surface area (Å²) < 4.78 is 0. The van der Waals surface area contributed by atoms with Crippen molar-refractivity contribution in [1.82, 2.24) is 5.32 Å². The molecule has 0 amide bonds. The van der Waals surface area contributed by atoms with E-state index in [2.05, 4.69) is 66.8 Å². The van der Waals surface area contributed by atoms with Gasteiger partial charge in [-0.25, -0.2) is 0 Å². The fraction of sp³-hybridized carbons (Fsp3) is 0.333. The van der Waals surface area contributed by atoms with Gasteiger partial charge in [-0.05, 0) is 41.5 Å². The molecule has 0 spiro atoms. The van der Waals surface area contributed by atoms with Gasteiger partial charge in [0.05, 0.1) is 0 Å². The second-order valence-electron chi connectivity index (χ2n) is 5.67. The van der Waals surface area contributed by atoms with Crippen LogP contribution >= 0.6 is 0 Å². The van der Waals surface area contributed by atoms with Gasteiger partial charge in [-0.1, -0.05) is 61.5 Å². The van der Waals surface area contributed by atoms with E-state index in [1.807, 2.05) is 0 Å². The Balaban J connectivity index is 1.56. The summed E-state index contributed by atoms with van der Waals surface area (Å²) in [5.41, 5.74) is 3.95. The Bertz CT molecular complexity index is 515. The van der Waals surface area contributed by atoms with Gasteiger partial charge in [-0.2, -0.15) is 0 Å². The molecule has 0 aliphatic heterocycles. The molecule has 1 aliphatic carbocycles. The van der Waals surface area contributed by atoms with Crippen LogP contribution in [0.3, 0.4) is 0 Å². The molecule has 0 saturated heterocycles. The van der Waals surface area contributed by atoms with E-state index in [0.717, 1.165) is 18.4 Å². The molecular formula is C18H21N. The SMILES string of the molecule is CC1CC1CNCc1ccc(-c2ccccc2)cc1. The van der Waals surface area contributed by atoms with Gasteiger partial charge in [0.15, 0.2) is 0 Å². The minimum atomic E-state index is 0.920. The zero-order valence-electron chi connectivity index (χ0n) is 11.5. The van der Waals surface area contributed by atoms with Crippen LogP contribution in [0.1, 0.15) is 18.9 Å². The van der Waals surface area contributed by atoms with Crippen LogP contribution in [0.15, 0.2) is 54.6 Å². The molecule has 98 valence electrons. The van der Waals surface area contributed by atoms with Crippen molar-refractivity contribution in [1.29, 1.82) is 0 Å². The van der Waals surface area contributed by atoms with Crippen molar-refractivity contribution in [3.63, 3.8) is 0 Å². The first-order valence-corrected chi connectivity index (χ1v) is 7.18. The molecule has 3 rings (SSSR count). The third kappa shape index (κ3) is 3.24. The minimum absolute atomic E-state index is 0.920. The number of hydrogen-bond acceptors (Lipinski definition) is 1. The zero-order chi connectivity index (χ0) is 13.1. The Morgan fingerprint density at radius 2 is 1.58 bits per heavy atom. The topological polar surface area (TPSA) is 12.0 Å². The van der Waals surface area contributed by atoms with Crippen LogP contribution in [0.25, 0.3) is 11.1 Å². The average Bonchev–Trinajstić information content (AvgIpc) is 3.16. The summed E-state index contributed by atoms with van der Waals surface area (Å²) in [4.78, 5) is 0. The highest BCUT2D eigenvalue weighted by molar-refractivity contribution is 5.63. The second kappa shape index (κ2) is 5.58. The van der Waals surface area contributed by atoms with E-state index in [1.165, 1.54) is 29.7 Å². The van der Waals surface area contributed by atoms with E-state index in [4.69, 9.17) is 0 Å². The Kier molecular flexibility index (Phi) is 3.65. The lowest BCUT2D eigenvalue weighted by molar-refractivity contribution is 0.612. The van der Waals surface area contributed by atoms with Crippen molar-refractivity contribution < 1.29 is 0 Å². The molecule has 1 aliphatic rings. The van der Waals surface area contributed by atoms with Crippen molar-refractivity contribution in [3.05, 3.63) is 60.2 Å². The first kappa shape index (κ1) is 12.4. The van der Waals surface area contributed by atoms with Gasteiger partial charge in [0, 0.05) is 6.54 Å². The summed E-state index contributed by atoms with van der Waals surface area (Å²) >= 11 is 0. The first-order valence-electron chi connectivity index (χ1n) is 7.18. The summed E-state index contributed by atoms with van der Waals surface area (Å²) in [5.74, 6) is 1.86. The number of hydrogen-bond donors (Lipinski definition) is 1. The van der Waals surface area contributed by atoms with E-state index in [-0.39, 0.29) is 0 Å². The van der Waals surface area contributed by atoms with Gasteiger partial charge < -0.3 is 5.32 Å². The molecule has 1 N–H and O–H groups in total. The van der Waals surface area contributed by atoms with Crippen molar-refractivity contribution in [2.75, 3.05) is 6.54 Å². The molecule has 2 aromatic carbocycles. The molecule has 0 radical (unpaired) electrons. The van der Waals surface area contributed by atoms with Crippen molar-refractivity contribution in [3.8, 4) is 11.1 Å². The van der Waals surface area contributed by atoms with Crippen LogP contribution in [-0.2, 0) is 6.54 Å². The predicted molar refractivity (Wildman–Crippen MR) is 80.9 cm³/mol. The largest absolute Gasteiger partial charge is 0.312 e. The molecule has 0 aromatic heterocycles. The molecule has 19 heavy (non-hydrogen) atoms. The second-order valence-corrected chi connectivity index (χ2v) is 5.67. The number of nitrogens with one attached hydrogen (secondary N) is 1. The van der Waals surface area contributed by atoms with Crippen LogP contribution in [0.4, 0.5) is 0 Å². The quantitative estimate of drug-likeness (QED) is 0.843. The van der Waals surface area contributed by atoms with Gasteiger partial charge >= 0.3 is 0 Å². The van der Waals surface area contributed by atoms with E-state index in [0.29, 0.717) is 0 Å². The minimum Gasteiger partial charge on any atom is -0.312 e. The summed E-state index contributed by atoms with van der Waals surface area (Å²) in [6, 6.07) is 19.4. The molecule has 2 unspecified atom stereocenters. The van der Waals surface area contributed by atoms with Crippen LogP contribution in [0.2, 0.25) is 0 Å². The third-order valence-electron chi connectivity index (χ3n) is 4.07. The Morgan fingerprint density at radius 1 is 0.947 bits per heavy atom. The van der Waals surface area contributed by atoms with Gasteiger partial charge in [0.25, 0.3) is 0 Å². The van der Waals surface area contributed by atoms with Crippen LogP contribution in [0, 0.1) is 11.8 Å². The average molecular weight is 251 g/mol. The fourth-order valence-electron chi connectivity index (χ4n) is 2.53. The summed E-state index contributed by atoms with van der Waals surface area (Å²) in [6.07, 6.45) is 1.40. The normalized spacial score (nSPS) is 21.3. The Hall–Kier alpha value is -1.60. The molecule has 1 fully saturated rings. The van der Waals surface area contributed by atoms with Crippen LogP contribution in [0.5, 0.6) is 0 Å². The lowest BCUT2D eigenvalue weighted by Gasteiger charge is -2.06. The standard InChI is InChI=1S/C18H21N/c1-14-11-18(14)13-19-12-15-7-9-17(10-8-15)16-5-3-2-4-6-16/h2-10,14,18-19H,11-13H2,1H3. The van der Waals surface area contributed by atoms with Crippen molar-refractivity contribution in [2.24, 2.45) is 11.8 Å². The van der Waals surface area contributed by atoms with Crippen LogP contribution in [-0.4, -0.2) is 6.54 Å². The van der Waals surface area contributed by atoms with Crippen LogP contribution < -0.4 is 5.32 Å². The smallest absolute Gasteiger partial charge is 0.0205 e. The van der Waals surface area contributed by atoms with E-state index in [9.17, 15) is 0 Å². The summed E-state index contributed by atoms with van der Waals surface area (Å²) in [6.45, 7) is 4.49. The van der Waals surface area contributed by atoms with Crippen molar-refractivity contribution >= 4 is 0 Å². The molecule has 0 bridgehead atoms. The molecule has 2 atom stereocenters. The highest BCUT2D eigenvalue weighted by Gasteiger charge is 2.31. The zero-order valence-corrected chi connectivity index (χ0v) is 11.5. The van der Waals surface area contributed by atoms with Gasteiger partial charge in [0.2, 0.25) is 0 Å². The maximum absolute atomic E-state index is 3.55. The van der Waals surface area contributed by atoms with Crippen molar-refractivity contribution in [2.45, 2.75) is 19.9 Å². The molecule has 1 saturated carbocycles. The van der Waals surface area contributed by atoms with E-state index in [1.54, 1.807) is 0 Å². The highest BCUT2D eigenvalue weighted by Crippen LogP contribution is 2.36. The third-order valence-corrected chi connectivity index (χ3v) is 4.07. The maximum Gasteiger partial charge on any atom is 0.0205 e. The molecule has 1 nitrogen and oxygen atoms in total. The maximum atomic E-state index is 3.55. The lowest BCUT2D eigenvalue weighted by atomic mass is 10.0. The Morgan fingerprint density at radius 3 is 2.21 bits per heavy atom. The molecular weight excluding hydrogens is 230 g/mol. The van der Waals surface area contributed by atoms with Gasteiger partial charge in [0.1, 0.15) is 0 Å². The summed E-state index contributed by atoms with van der Waals surface area (Å²) in [7, 11) is 0. The predicted octanol–water partition coefficient (Wildman–Crippen LogP) is 4.10. The monoisotopic (exact) mass is 251 g/mol. The lowest BCUT2D eigenvalue weighted by Crippen LogP contribution is -2.16. The molecule has 2 aromatic rings. The number of benzene rings is 2. The number of rotatable bonds is 5. The Labute approximate surface area is 115 Å². The molecule has 0 heterocycles. The van der Waals surface area contributed by atoms with E-state index < -0.39 is 0 Å². The van der Waals surface area contributed by atoms with E-state index >= 15 is 0 Å². The highest BCUT2D eigenvalue weighted by atomic mass is 14.9. The molecule has 1 heteroatoms. The summed E-state index contributed by atoms with van der Waals surface area (Å²) in [5, 5.41) is 3.55. The van der Waals surface area contributed by atoms with Gasteiger partial charge in [-0.15, -0.1) is 0 Å². The fourth-order valence-corrected chi connectivity index (χ4v) is 2.53.